The zero-order chi connectivity index (χ0) is 26.5. The largest absolute Gasteiger partial charge is 1.00 e. The van der Waals surface area contributed by atoms with Crippen molar-refractivity contribution < 1.29 is 72.7 Å². The minimum absolute atomic E-state index is 0. The van der Waals surface area contributed by atoms with Gasteiger partial charge in [0.05, 0.1) is 28.4 Å². The fraction of sp³-hybridized carbons (Fsp3) is 0.286. The van der Waals surface area contributed by atoms with Gasteiger partial charge >= 0.3 is 29.6 Å². The molecule has 1 heterocycles. The van der Waals surface area contributed by atoms with Crippen molar-refractivity contribution in [1.29, 1.82) is 0 Å². The Morgan fingerprint density at radius 3 is 2.03 bits per heavy atom. The van der Waals surface area contributed by atoms with E-state index in [1.165, 1.54) is 28.4 Å². The molecule has 4 rings (SSSR count). The molecule has 10 heteroatoms. The number of carbonyl (C=O) groups excluding carboxylic acids is 2. The van der Waals surface area contributed by atoms with Crippen molar-refractivity contribution in [3.05, 3.63) is 71.3 Å². The van der Waals surface area contributed by atoms with E-state index in [0.717, 1.165) is 0 Å². The van der Waals surface area contributed by atoms with Gasteiger partial charge in [-0.05, 0) is 66.1 Å². The van der Waals surface area contributed by atoms with E-state index in [0.29, 0.717) is 51.2 Å². The van der Waals surface area contributed by atoms with Crippen LogP contribution in [0.4, 0.5) is 0 Å². The fourth-order valence-corrected chi connectivity index (χ4v) is 4.48. The number of hydrogen-bond acceptors (Lipinski definition) is 9. The SMILES string of the molecule is COc1ccc(C(=O)C(Cc2cc(OC)c(OC)c(OC)c2)C(C(=O)[O-])c2ccc3c(c2)OCO3)cc1.[Na+]. The third-order valence-electron chi connectivity index (χ3n) is 6.30. The Morgan fingerprint density at radius 2 is 1.47 bits per heavy atom. The number of aliphatic carboxylic acids is 1. The van der Waals surface area contributed by atoms with Gasteiger partial charge in [0, 0.05) is 23.4 Å². The first-order valence-electron chi connectivity index (χ1n) is 11.5. The minimum Gasteiger partial charge on any atom is -0.549 e. The predicted octanol–water partition coefficient (Wildman–Crippen LogP) is 0.0290. The first kappa shape index (κ1) is 29.2. The van der Waals surface area contributed by atoms with E-state index in [2.05, 4.69) is 0 Å². The molecule has 38 heavy (non-hydrogen) atoms. The first-order chi connectivity index (χ1) is 17.9. The van der Waals surface area contributed by atoms with E-state index in [1.54, 1.807) is 54.6 Å². The van der Waals surface area contributed by atoms with Gasteiger partial charge in [0.2, 0.25) is 12.5 Å². The molecular weight excluding hydrogens is 503 g/mol. The van der Waals surface area contributed by atoms with Gasteiger partial charge in [-0.25, -0.2) is 0 Å². The number of benzene rings is 3. The van der Waals surface area contributed by atoms with Crippen LogP contribution < -0.4 is 63.1 Å². The molecule has 1 aliphatic rings. The Balaban J connectivity index is 0.00000400. The number of carboxylic acid groups (broad SMARTS) is 1. The van der Waals surface area contributed by atoms with Crippen molar-refractivity contribution in [2.45, 2.75) is 12.3 Å². The van der Waals surface area contributed by atoms with Crippen LogP contribution in [0.15, 0.2) is 54.6 Å². The van der Waals surface area contributed by atoms with Gasteiger partial charge in [0.1, 0.15) is 5.75 Å². The normalized spacial score (nSPS) is 13.1. The summed E-state index contributed by atoms with van der Waals surface area (Å²) in [6.07, 6.45) is 0.0503. The first-order valence-corrected chi connectivity index (χ1v) is 11.5. The second-order valence-corrected chi connectivity index (χ2v) is 8.35. The average molecular weight is 531 g/mol. The number of ether oxygens (including phenoxy) is 6. The molecule has 0 amide bonds. The van der Waals surface area contributed by atoms with Crippen LogP contribution in [0.25, 0.3) is 0 Å². The molecule has 0 fully saturated rings. The molecule has 2 unspecified atom stereocenters. The minimum atomic E-state index is -1.39. The maximum Gasteiger partial charge on any atom is 1.00 e. The Morgan fingerprint density at radius 1 is 0.842 bits per heavy atom. The molecule has 194 valence electrons. The average Bonchev–Trinajstić information content (AvgIpc) is 3.39. The number of rotatable bonds is 11. The molecule has 1 aliphatic heterocycles. The van der Waals surface area contributed by atoms with Crippen LogP contribution in [0.2, 0.25) is 0 Å². The third kappa shape index (κ3) is 6.01. The Labute approximate surface area is 242 Å². The number of Topliss-reactive ketones (excluding diaryl/α,β-unsaturated/α-hetero) is 1. The van der Waals surface area contributed by atoms with E-state index in [4.69, 9.17) is 28.4 Å². The van der Waals surface area contributed by atoms with Gasteiger partial charge in [0.15, 0.2) is 28.8 Å². The summed E-state index contributed by atoms with van der Waals surface area (Å²) in [4.78, 5) is 26.4. The van der Waals surface area contributed by atoms with Crippen LogP contribution in [-0.2, 0) is 11.2 Å². The molecule has 3 aromatic carbocycles. The van der Waals surface area contributed by atoms with E-state index in [1.807, 2.05) is 0 Å². The van der Waals surface area contributed by atoms with Crippen LogP contribution in [0.1, 0.15) is 27.4 Å². The van der Waals surface area contributed by atoms with Crippen LogP contribution in [0, 0.1) is 5.92 Å². The molecule has 0 saturated carbocycles. The maximum absolute atomic E-state index is 13.9. The molecule has 0 radical (unpaired) electrons. The van der Waals surface area contributed by atoms with Gasteiger partial charge in [-0.3, -0.25) is 4.79 Å². The number of ketones is 1. The molecular formula is C28H27NaO9. The van der Waals surface area contributed by atoms with Gasteiger partial charge in [0.25, 0.3) is 0 Å². The summed E-state index contributed by atoms with van der Waals surface area (Å²) in [6.45, 7) is 0.0361. The number of hydrogen-bond donors (Lipinski definition) is 0. The van der Waals surface area contributed by atoms with Gasteiger partial charge in [-0.2, -0.15) is 0 Å². The van der Waals surface area contributed by atoms with Crippen molar-refractivity contribution in [3.63, 3.8) is 0 Å². The molecule has 9 nitrogen and oxygen atoms in total. The summed E-state index contributed by atoms with van der Waals surface area (Å²) < 4.78 is 32.3. The summed E-state index contributed by atoms with van der Waals surface area (Å²) in [5, 5.41) is 12.6. The second kappa shape index (κ2) is 12.9. The van der Waals surface area contributed by atoms with Gasteiger partial charge < -0.3 is 38.3 Å². The molecule has 0 aromatic heterocycles. The van der Waals surface area contributed by atoms with Crippen molar-refractivity contribution >= 4 is 11.8 Å². The second-order valence-electron chi connectivity index (χ2n) is 8.35. The van der Waals surface area contributed by atoms with E-state index < -0.39 is 17.8 Å². The van der Waals surface area contributed by atoms with Crippen LogP contribution >= 0.6 is 0 Å². The van der Waals surface area contributed by atoms with Crippen LogP contribution in [0.5, 0.6) is 34.5 Å². The summed E-state index contributed by atoms with van der Waals surface area (Å²) in [6, 6.07) is 14.7. The number of methoxy groups -OCH3 is 4. The van der Waals surface area contributed by atoms with Gasteiger partial charge in [-0.15, -0.1) is 0 Å². The number of carbonyl (C=O) groups is 2. The van der Waals surface area contributed by atoms with E-state index in [-0.39, 0.29) is 48.6 Å². The third-order valence-corrected chi connectivity index (χ3v) is 6.30. The molecule has 0 spiro atoms. The number of fused-ring (bicyclic) bond motifs is 1. The standard InChI is InChI=1S/C28H28O9.Na/c1-32-19-8-5-17(6-9-19)26(29)20(11-16-12-23(33-2)27(35-4)24(13-16)34-3)25(28(30)31)18-7-10-21-22(14-18)37-15-36-21;/h5-10,12-14,20,25H,11,15H2,1-4H3,(H,30,31);/q;+1/p-1. The molecule has 0 saturated heterocycles. The molecule has 2 atom stereocenters. The monoisotopic (exact) mass is 530 g/mol. The van der Waals surface area contributed by atoms with Crippen molar-refractivity contribution in [3.8, 4) is 34.5 Å². The quantitative estimate of drug-likeness (QED) is 0.250. The number of carboxylic acids is 1. The molecule has 0 bridgehead atoms. The summed E-state index contributed by atoms with van der Waals surface area (Å²) in [5.41, 5.74) is 1.32. The summed E-state index contributed by atoms with van der Waals surface area (Å²) in [5.74, 6) is -1.44. The zero-order valence-corrected chi connectivity index (χ0v) is 23.9. The van der Waals surface area contributed by atoms with E-state index in [9.17, 15) is 14.7 Å². The van der Waals surface area contributed by atoms with Gasteiger partial charge in [-0.1, -0.05) is 6.07 Å². The van der Waals surface area contributed by atoms with Crippen molar-refractivity contribution in [1.82, 2.24) is 0 Å². The Bertz CT molecular complexity index is 1260. The molecule has 0 N–H and O–H groups in total. The zero-order valence-electron chi connectivity index (χ0n) is 21.9. The van der Waals surface area contributed by atoms with E-state index >= 15 is 0 Å². The van der Waals surface area contributed by atoms with Crippen molar-refractivity contribution in [2.24, 2.45) is 5.92 Å². The summed E-state index contributed by atoms with van der Waals surface area (Å²) in [7, 11) is 5.98. The molecule has 0 aliphatic carbocycles. The Hall–Kier alpha value is -3.40. The summed E-state index contributed by atoms with van der Waals surface area (Å²) >= 11 is 0. The smallest absolute Gasteiger partial charge is 0.549 e. The molecule has 3 aromatic rings. The van der Waals surface area contributed by atoms with Crippen LogP contribution in [0.3, 0.4) is 0 Å². The Kier molecular flexibility index (Phi) is 9.90. The van der Waals surface area contributed by atoms with Crippen LogP contribution in [-0.4, -0.2) is 47.0 Å². The predicted molar refractivity (Wildman–Crippen MR) is 131 cm³/mol. The van der Waals surface area contributed by atoms with Crippen molar-refractivity contribution in [2.75, 3.05) is 35.2 Å². The topological polar surface area (TPSA) is 113 Å². The fourth-order valence-electron chi connectivity index (χ4n) is 4.48. The maximum atomic E-state index is 13.9.